The Hall–Kier alpha value is -1.27. The Balaban J connectivity index is 3.13. The predicted molar refractivity (Wildman–Crippen MR) is 88.9 cm³/mol. The molecule has 0 aromatic heterocycles. The first-order valence-electron chi connectivity index (χ1n) is 7.33. The second-order valence-corrected chi connectivity index (χ2v) is 7.63. The smallest absolute Gasteiger partial charge is 0.244 e. The number of nitrogen functional groups attached to an aromatic ring is 1. The van der Waals surface area contributed by atoms with E-state index >= 15 is 0 Å². The van der Waals surface area contributed by atoms with E-state index in [1.807, 2.05) is 6.07 Å². The molecule has 21 heavy (non-hydrogen) atoms. The van der Waals surface area contributed by atoms with Crippen LogP contribution in [0.25, 0.3) is 0 Å². The van der Waals surface area contributed by atoms with Gasteiger partial charge in [-0.15, -0.1) is 0 Å². The molecule has 0 aliphatic rings. The van der Waals surface area contributed by atoms with Crippen LogP contribution in [-0.2, 0) is 10.0 Å². The summed E-state index contributed by atoms with van der Waals surface area (Å²) in [7, 11) is -0.526. The number of hydrogen-bond acceptors (Lipinski definition) is 4. The Morgan fingerprint density at radius 2 is 1.81 bits per heavy atom. The highest BCUT2D eigenvalue weighted by molar-refractivity contribution is 7.89. The van der Waals surface area contributed by atoms with Crippen molar-refractivity contribution in [3.8, 4) is 0 Å². The van der Waals surface area contributed by atoms with Gasteiger partial charge in [0.2, 0.25) is 10.0 Å². The van der Waals surface area contributed by atoms with Gasteiger partial charge < -0.3 is 11.1 Å². The van der Waals surface area contributed by atoms with Crippen LogP contribution in [0.4, 0.5) is 11.4 Å². The average molecular weight is 313 g/mol. The van der Waals surface area contributed by atoms with E-state index in [-0.39, 0.29) is 16.6 Å². The van der Waals surface area contributed by atoms with E-state index in [2.05, 4.69) is 26.1 Å². The number of sulfonamides is 1. The number of hydrogen-bond donors (Lipinski definition) is 2. The third-order valence-electron chi connectivity index (χ3n) is 3.96. The summed E-state index contributed by atoms with van der Waals surface area (Å²) in [6, 6.07) is 5.31. The Morgan fingerprint density at radius 3 is 2.29 bits per heavy atom. The molecule has 0 aliphatic carbocycles. The summed E-state index contributed by atoms with van der Waals surface area (Å²) >= 11 is 0. The first-order chi connectivity index (χ1) is 9.75. The van der Waals surface area contributed by atoms with Crippen LogP contribution in [-0.4, -0.2) is 32.9 Å². The van der Waals surface area contributed by atoms with Crippen LogP contribution in [0.1, 0.15) is 33.6 Å². The van der Waals surface area contributed by atoms with Crippen molar-refractivity contribution >= 4 is 21.4 Å². The second-order valence-electron chi connectivity index (χ2n) is 5.51. The van der Waals surface area contributed by atoms with Crippen molar-refractivity contribution in [2.45, 2.75) is 44.6 Å². The van der Waals surface area contributed by atoms with Crippen molar-refractivity contribution in [3.05, 3.63) is 18.2 Å². The normalized spacial score (nSPS) is 13.7. The van der Waals surface area contributed by atoms with Crippen LogP contribution >= 0.6 is 0 Å². The zero-order chi connectivity index (χ0) is 16.2. The molecular formula is C15H27N3O2S. The maximum absolute atomic E-state index is 12.3. The molecular weight excluding hydrogens is 286 g/mol. The molecule has 3 N–H and O–H groups in total. The predicted octanol–water partition coefficient (Wildman–Crippen LogP) is 2.76. The summed E-state index contributed by atoms with van der Waals surface area (Å²) in [6.07, 6.45) is 2.14. The highest BCUT2D eigenvalue weighted by atomic mass is 32.2. The van der Waals surface area contributed by atoms with Crippen LogP contribution in [0.15, 0.2) is 23.1 Å². The molecule has 1 atom stereocenters. The topological polar surface area (TPSA) is 75.4 Å². The van der Waals surface area contributed by atoms with Gasteiger partial charge in [-0.3, -0.25) is 0 Å². The van der Waals surface area contributed by atoms with Gasteiger partial charge in [-0.25, -0.2) is 12.7 Å². The Morgan fingerprint density at radius 1 is 1.24 bits per heavy atom. The van der Waals surface area contributed by atoms with Crippen molar-refractivity contribution in [1.29, 1.82) is 0 Å². The Labute approximate surface area is 128 Å². The highest BCUT2D eigenvalue weighted by Crippen LogP contribution is 2.30. The van der Waals surface area contributed by atoms with E-state index in [0.717, 1.165) is 12.8 Å². The molecule has 5 nitrogen and oxygen atoms in total. The fourth-order valence-electron chi connectivity index (χ4n) is 2.45. The fraction of sp³-hybridized carbons (Fsp3) is 0.600. The molecule has 1 aromatic rings. The van der Waals surface area contributed by atoms with Crippen molar-refractivity contribution < 1.29 is 8.42 Å². The summed E-state index contributed by atoms with van der Waals surface area (Å²) in [6.45, 7) is 6.41. The third kappa shape index (κ3) is 3.89. The summed E-state index contributed by atoms with van der Waals surface area (Å²) in [5.41, 5.74) is 7.03. The Bertz CT molecular complexity index is 566. The van der Waals surface area contributed by atoms with Gasteiger partial charge in [-0.1, -0.05) is 32.8 Å². The number of para-hydroxylation sites is 1. The van der Waals surface area contributed by atoms with E-state index in [0.29, 0.717) is 11.6 Å². The lowest BCUT2D eigenvalue weighted by Crippen LogP contribution is -2.27. The molecule has 6 heteroatoms. The second kappa shape index (κ2) is 7.13. The zero-order valence-electron chi connectivity index (χ0n) is 13.6. The average Bonchev–Trinajstić information content (AvgIpc) is 2.42. The van der Waals surface area contributed by atoms with Crippen LogP contribution in [0.2, 0.25) is 0 Å². The molecule has 0 bridgehead atoms. The van der Waals surface area contributed by atoms with Crippen molar-refractivity contribution in [1.82, 2.24) is 4.31 Å². The van der Waals surface area contributed by atoms with Gasteiger partial charge in [-0.2, -0.15) is 0 Å². The largest absolute Gasteiger partial charge is 0.396 e. The SMILES string of the molecule is CCC(CC)C(C)Nc1cccc(S(=O)(=O)N(C)C)c1N. The number of nitrogens with two attached hydrogens (primary N) is 1. The highest BCUT2D eigenvalue weighted by Gasteiger charge is 2.22. The summed E-state index contributed by atoms with van der Waals surface area (Å²) in [5, 5.41) is 3.36. The van der Waals surface area contributed by atoms with Gasteiger partial charge in [0.25, 0.3) is 0 Å². The number of nitrogens with zero attached hydrogens (tertiary/aromatic N) is 1. The maximum atomic E-state index is 12.3. The van der Waals surface area contributed by atoms with E-state index in [9.17, 15) is 8.42 Å². The van der Waals surface area contributed by atoms with Crippen LogP contribution < -0.4 is 11.1 Å². The minimum atomic E-state index is -3.53. The van der Waals surface area contributed by atoms with Gasteiger partial charge >= 0.3 is 0 Å². The number of rotatable bonds is 7. The lowest BCUT2D eigenvalue weighted by Gasteiger charge is -2.25. The van der Waals surface area contributed by atoms with Gasteiger partial charge in [0.15, 0.2) is 0 Å². The van der Waals surface area contributed by atoms with Gasteiger partial charge in [0.1, 0.15) is 4.90 Å². The molecule has 0 radical (unpaired) electrons. The molecule has 0 saturated carbocycles. The van der Waals surface area contributed by atoms with Gasteiger partial charge in [0.05, 0.1) is 11.4 Å². The molecule has 0 spiro atoms. The van der Waals surface area contributed by atoms with E-state index < -0.39 is 10.0 Å². The zero-order valence-corrected chi connectivity index (χ0v) is 14.4. The van der Waals surface area contributed by atoms with Crippen LogP contribution in [0.5, 0.6) is 0 Å². The van der Waals surface area contributed by atoms with E-state index in [1.54, 1.807) is 6.07 Å². The lowest BCUT2D eigenvalue weighted by atomic mass is 9.95. The first kappa shape index (κ1) is 17.8. The van der Waals surface area contributed by atoms with Crippen molar-refractivity contribution in [3.63, 3.8) is 0 Å². The number of anilines is 2. The van der Waals surface area contributed by atoms with Gasteiger partial charge in [-0.05, 0) is 25.0 Å². The molecule has 0 aliphatic heterocycles. The number of nitrogens with one attached hydrogen (secondary N) is 1. The van der Waals surface area contributed by atoms with Crippen molar-refractivity contribution in [2.24, 2.45) is 5.92 Å². The summed E-state index contributed by atoms with van der Waals surface area (Å²) in [4.78, 5) is 0.147. The van der Waals surface area contributed by atoms with Crippen molar-refractivity contribution in [2.75, 3.05) is 25.1 Å². The molecule has 1 aromatic carbocycles. The monoisotopic (exact) mass is 313 g/mol. The quantitative estimate of drug-likeness (QED) is 0.759. The molecule has 0 saturated heterocycles. The van der Waals surface area contributed by atoms with Crippen LogP contribution in [0, 0.1) is 5.92 Å². The molecule has 0 amide bonds. The Kier molecular flexibility index (Phi) is 6.04. The van der Waals surface area contributed by atoms with E-state index in [1.165, 1.54) is 24.5 Å². The standard InChI is InChI=1S/C15H27N3O2S/c1-6-12(7-2)11(3)17-13-9-8-10-14(15(13)16)21(19,20)18(4)5/h8-12,17H,6-7,16H2,1-5H3. The summed E-state index contributed by atoms with van der Waals surface area (Å²) in [5.74, 6) is 0.526. The third-order valence-corrected chi connectivity index (χ3v) is 5.84. The van der Waals surface area contributed by atoms with E-state index in [4.69, 9.17) is 5.73 Å². The maximum Gasteiger partial charge on any atom is 0.244 e. The lowest BCUT2D eigenvalue weighted by molar-refractivity contribution is 0.438. The number of benzene rings is 1. The van der Waals surface area contributed by atoms with Crippen LogP contribution in [0.3, 0.4) is 0 Å². The molecule has 1 unspecified atom stereocenters. The first-order valence-corrected chi connectivity index (χ1v) is 8.77. The minimum Gasteiger partial charge on any atom is -0.396 e. The molecule has 120 valence electrons. The summed E-state index contributed by atoms with van der Waals surface area (Å²) < 4.78 is 25.7. The fourth-order valence-corrected chi connectivity index (χ4v) is 3.48. The molecule has 0 fully saturated rings. The van der Waals surface area contributed by atoms with Gasteiger partial charge in [0, 0.05) is 20.1 Å². The minimum absolute atomic E-state index is 0.147. The molecule has 1 rings (SSSR count). The molecule has 0 heterocycles.